The van der Waals surface area contributed by atoms with Crippen molar-refractivity contribution in [2.24, 2.45) is 5.92 Å². The van der Waals surface area contributed by atoms with Gasteiger partial charge in [-0.15, -0.1) is 0 Å². The largest absolute Gasteiger partial charge is 0.508 e. The lowest BCUT2D eigenvalue weighted by atomic mass is 9.81. The minimum absolute atomic E-state index is 0.0681. The van der Waals surface area contributed by atoms with Crippen LogP contribution in [-0.2, 0) is 133 Å². The maximum absolute atomic E-state index is 14.4. The topological polar surface area (TPSA) is 502 Å². The third-order valence-electron chi connectivity index (χ3n) is 24.7. The summed E-state index contributed by atoms with van der Waals surface area (Å²) >= 11 is 12.9. The van der Waals surface area contributed by atoms with E-state index < -0.39 is 278 Å². The zero-order valence-electron chi connectivity index (χ0n) is 69.9. The van der Waals surface area contributed by atoms with Crippen LogP contribution in [0.1, 0.15) is 105 Å². The van der Waals surface area contributed by atoms with Crippen LogP contribution in [0, 0.1) is 36.8 Å². The second kappa shape index (κ2) is 37.2. The van der Waals surface area contributed by atoms with Gasteiger partial charge in [-0.1, -0.05) is 40.9 Å². The minimum atomic E-state index is -4.32. The Bertz CT molecular complexity index is 4330. The van der Waals surface area contributed by atoms with Gasteiger partial charge in [0.2, 0.25) is 0 Å². The summed E-state index contributed by atoms with van der Waals surface area (Å²) < 4.78 is 195. The summed E-state index contributed by atoms with van der Waals surface area (Å²) in [5, 5.41) is 93.7. The van der Waals surface area contributed by atoms with Gasteiger partial charge in [0, 0.05) is 58.7 Å². The average molecular weight is 1810 g/mol. The van der Waals surface area contributed by atoms with Crippen LogP contribution in [0.15, 0.2) is 41.3 Å². The summed E-state index contributed by atoms with van der Waals surface area (Å²) in [5.74, 6) is -8.65. The van der Waals surface area contributed by atoms with Gasteiger partial charge >= 0.3 is 17.9 Å². The maximum Gasteiger partial charge on any atom is 0.342 e. The number of phenols is 3. The zero-order chi connectivity index (χ0) is 88.8. The Kier molecular flexibility index (Phi) is 28.4. The molecule has 7 N–H and O–H groups in total. The Morgan fingerprint density at radius 3 is 2.01 bits per heavy atom. The van der Waals surface area contributed by atoms with Crippen molar-refractivity contribution in [1.82, 2.24) is 0 Å². The molecule has 3 aromatic carbocycles. The first-order valence-corrected chi connectivity index (χ1v) is 42.4. The summed E-state index contributed by atoms with van der Waals surface area (Å²) in [6.45, 7) is 13.4. The smallest absolute Gasteiger partial charge is 0.342 e. The van der Waals surface area contributed by atoms with Crippen molar-refractivity contribution in [2.45, 2.75) is 301 Å². The SMILES string of the molecule is COC[C@H]1O[C@@H](O[C@@H]2OC[C@@H]3O[C@@]4(OC[C@@H](OC(=O)c5c(C)cc(O)cc5O)[C@@H]5OCO[C@H]54)O[C@H]3[C@H]2OCCOS(=O)(=O)c2ccc(C)cc2)[C@@H](OC)[C@@H](O)[C@@H]1O[C@@H]1O[C@H](C)[C@H](OC)[C@H](O[C@@H]2O[C@H](C)[C@H]3O[C@]4(C[C@@H](O)[C@H]([C@H]5C[C@@H](O[C@H]6C[C@@](C)([N+](=O)[O-])[C@@H](OC)[C@H](C)O6)[C@H](OC(=O)c6c(C)c(Cl)c(O)c(Cl)c6OC)[C@@H](C)O5)[C@@H](C)O4)O[C@]3(C)[C@@H]2O)[C@H]1O. The third-order valence-corrected chi connectivity index (χ3v) is 26.9. The van der Waals surface area contributed by atoms with Crippen molar-refractivity contribution >= 4 is 45.3 Å². The van der Waals surface area contributed by atoms with E-state index in [1.54, 1.807) is 53.7 Å². The van der Waals surface area contributed by atoms with Crippen molar-refractivity contribution in [3.63, 3.8) is 0 Å². The quantitative estimate of drug-likeness (QED) is 0.0199. The number of halogens is 2. The van der Waals surface area contributed by atoms with E-state index in [0.29, 0.717) is 0 Å². The number of ether oxygens (including phenoxy) is 26. The Hall–Kier alpha value is -5.39. The van der Waals surface area contributed by atoms with Gasteiger partial charge in [-0.2, -0.15) is 8.42 Å². The number of methoxy groups -OCH3 is 5. The molecule has 14 rings (SSSR count). The van der Waals surface area contributed by atoms with E-state index in [9.17, 15) is 63.9 Å². The minimum Gasteiger partial charge on any atom is -0.508 e. The van der Waals surface area contributed by atoms with Crippen molar-refractivity contribution < 1.29 is 186 Å². The van der Waals surface area contributed by atoms with Gasteiger partial charge in [0.1, 0.15) is 125 Å². The van der Waals surface area contributed by atoms with E-state index in [4.69, 9.17) is 151 Å². The number of aliphatic hydroxyl groups is 4. The number of nitrogens with zero attached hydrogens (tertiary/aromatic N) is 1. The number of carbonyl (C=O) groups excluding carboxylic acids is 2. The molecule has 35 atom stereocenters. The fourth-order valence-electron chi connectivity index (χ4n) is 18.7. The molecule has 123 heavy (non-hydrogen) atoms. The Balaban J connectivity index is 0.648. The molecule has 0 amide bonds. The van der Waals surface area contributed by atoms with Crippen molar-refractivity contribution in [2.75, 3.05) is 75.4 Å². The molecule has 11 aliphatic rings. The Morgan fingerprint density at radius 2 is 1.33 bits per heavy atom. The molecule has 11 saturated heterocycles. The highest BCUT2D eigenvalue weighted by molar-refractivity contribution is 7.86. The van der Waals surface area contributed by atoms with E-state index in [1.807, 2.05) is 0 Å². The first-order valence-electron chi connectivity index (χ1n) is 40.3. The lowest BCUT2D eigenvalue weighted by Gasteiger charge is -2.50. The number of rotatable bonds is 26. The maximum atomic E-state index is 14.4. The van der Waals surface area contributed by atoms with Gasteiger partial charge in [-0.05, 0) is 91.6 Å². The molecule has 3 aromatic rings. The molecule has 0 radical (unpaired) electrons. The summed E-state index contributed by atoms with van der Waals surface area (Å²) in [6.07, 6.45) is -39.9. The van der Waals surface area contributed by atoms with Gasteiger partial charge in [0.25, 0.3) is 21.6 Å². The van der Waals surface area contributed by atoms with E-state index in [2.05, 4.69) is 0 Å². The third kappa shape index (κ3) is 17.9. The second-order valence-electron chi connectivity index (χ2n) is 32.9. The molecule has 0 aromatic heterocycles. The predicted molar refractivity (Wildman–Crippen MR) is 410 cm³/mol. The normalized spacial score (nSPS) is 42.5. The number of fused-ring (bicyclic) bond motifs is 4. The number of aryl methyl sites for hydroxylation is 2. The number of hydrogen-bond donors (Lipinski definition) is 7. The molecule has 44 heteroatoms. The first kappa shape index (κ1) is 93.7. The molecule has 0 bridgehead atoms. The predicted octanol–water partition coefficient (Wildman–Crippen LogP) is 3.27. The van der Waals surface area contributed by atoms with Crippen LogP contribution in [0.5, 0.6) is 23.0 Å². The van der Waals surface area contributed by atoms with Crippen LogP contribution >= 0.6 is 23.2 Å². The van der Waals surface area contributed by atoms with Crippen molar-refractivity contribution in [1.29, 1.82) is 0 Å². The number of phenolic OH excluding ortho intramolecular Hbond substituents is 3. The zero-order valence-corrected chi connectivity index (χ0v) is 72.3. The molecule has 0 saturated carbocycles. The van der Waals surface area contributed by atoms with Crippen LogP contribution in [0.2, 0.25) is 10.0 Å². The standard InChI is InChI=1S/C79H107Cl2NO40S/c1-31-16-18-40(19-17-31)123(94,95)106-21-20-101-65-60-47(119-79(120-60)69-61(103-30-104-69)46(29-105-79)112-70(90)49-32(2)22-39(83)23-41(49)84)28-102-73(65)117-74-64(99-14)55(87)59(45(113-74)27-96-11)115-72-56(88)63(58(97-12)36(6)109-72)116-75-66(89)77(10)68(38(8)110-75)121-78(122-77)25-42(85)51(34(4)118-78)43-24-44(111-48-26-76(9,82(92)93)67(100-15)37(7)108-48)57(35(5)107-43)114-71(91)50-33(3)52(80)54(86)53(81)62(50)98-13/h16-19,22-23,34-38,42-48,51,55-61,63-69,72-75,83-89H,20-21,24-30H2,1-15H3/t34-,35-,36-,37+,38-,42-,43-,44-,45-,46-,47+,48+,51-,55+,56-,57-,58+,59-,60-,61+,63-,64+,65-,66-,67+,68-,69-,72+,73+,74+,75+,76-,77-,78-,79-/m1/s1. The van der Waals surface area contributed by atoms with E-state index in [0.717, 1.165) is 11.6 Å². The molecule has 11 fully saturated rings. The van der Waals surface area contributed by atoms with Gasteiger partial charge in [0.15, 0.2) is 67.4 Å². The van der Waals surface area contributed by atoms with Gasteiger partial charge < -0.3 is 159 Å². The molecule has 41 nitrogen and oxygen atoms in total. The highest BCUT2D eigenvalue weighted by Gasteiger charge is 2.71. The van der Waals surface area contributed by atoms with Crippen molar-refractivity contribution in [3.8, 4) is 23.0 Å². The van der Waals surface area contributed by atoms with Crippen LogP contribution < -0.4 is 4.74 Å². The first-order chi connectivity index (χ1) is 58.3. The number of benzene rings is 3. The summed E-state index contributed by atoms with van der Waals surface area (Å²) in [4.78, 5) is 40.2. The van der Waals surface area contributed by atoms with Crippen molar-refractivity contribution in [3.05, 3.63) is 84.4 Å². The monoisotopic (exact) mass is 1810 g/mol. The van der Waals surface area contributed by atoms with E-state index >= 15 is 0 Å². The van der Waals surface area contributed by atoms with Crippen LogP contribution in [0.4, 0.5) is 0 Å². The van der Waals surface area contributed by atoms with Gasteiger partial charge in [0.05, 0.1) is 106 Å². The second-order valence-corrected chi connectivity index (χ2v) is 35.3. The average Bonchev–Trinajstić information content (AvgIpc) is 1.56. The Labute approximate surface area is 717 Å². The molecule has 688 valence electrons. The number of hydrogen-bond acceptors (Lipinski definition) is 40. The number of aromatic hydroxyl groups is 3. The summed E-state index contributed by atoms with van der Waals surface area (Å²) in [5.41, 5.74) is -2.83. The number of esters is 2. The summed E-state index contributed by atoms with van der Waals surface area (Å²) in [6, 6.07) is 8.25. The fraction of sp³-hybridized carbons (Fsp3) is 0.747. The fourth-order valence-corrected chi connectivity index (χ4v) is 20.1. The lowest BCUT2D eigenvalue weighted by Crippen LogP contribution is -2.68. The number of nitro groups is 1. The number of aliphatic hydroxyl groups excluding tert-OH is 4. The highest BCUT2D eigenvalue weighted by atomic mass is 35.5. The van der Waals surface area contributed by atoms with Crippen LogP contribution in [-0.4, -0.2) is 344 Å². The molecule has 0 aliphatic carbocycles. The van der Waals surface area contributed by atoms with Crippen LogP contribution in [0.25, 0.3) is 0 Å². The molecule has 0 unspecified atom stereocenters. The molecular weight excluding hydrogens is 1710 g/mol. The summed E-state index contributed by atoms with van der Waals surface area (Å²) in [7, 11) is 2.19. The molecule has 2 spiro atoms. The van der Waals surface area contributed by atoms with Crippen LogP contribution in [0.3, 0.4) is 0 Å². The number of carbonyl (C=O) groups is 2. The molecule has 11 aliphatic heterocycles. The van der Waals surface area contributed by atoms with E-state index in [-0.39, 0.29) is 81.5 Å². The molecule has 11 heterocycles. The highest BCUT2D eigenvalue weighted by Crippen LogP contribution is 2.54. The molecular formula is C79H107Cl2NO40S. The van der Waals surface area contributed by atoms with E-state index in [1.165, 1.54) is 81.4 Å². The van der Waals surface area contributed by atoms with Gasteiger partial charge in [-0.3, -0.25) is 14.3 Å². The van der Waals surface area contributed by atoms with Gasteiger partial charge in [-0.25, -0.2) is 9.59 Å². The lowest BCUT2D eigenvalue weighted by molar-refractivity contribution is -0.595. The Morgan fingerprint density at radius 1 is 0.634 bits per heavy atom.